The number of anilines is 2. The molecule has 7 nitrogen and oxygen atoms in total. The number of para-hydroxylation sites is 1. The first-order chi connectivity index (χ1) is 18.4. The van der Waals surface area contributed by atoms with Gasteiger partial charge in [-0.2, -0.15) is 0 Å². The highest BCUT2D eigenvalue weighted by Crippen LogP contribution is 2.27. The minimum Gasteiger partial charge on any atom is -0.339 e. The van der Waals surface area contributed by atoms with E-state index in [1.165, 1.54) is 4.57 Å². The normalized spacial score (nSPS) is 13.3. The Bertz CT molecular complexity index is 1530. The van der Waals surface area contributed by atoms with E-state index in [2.05, 4.69) is 21.2 Å². The molecule has 38 heavy (non-hydrogen) atoms. The van der Waals surface area contributed by atoms with Crippen LogP contribution in [0.1, 0.15) is 24.8 Å². The fraction of sp³-hybridized carbons (Fsp3) is 0.172. The van der Waals surface area contributed by atoms with Crippen molar-refractivity contribution < 1.29 is 4.79 Å². The number of rotatable bonds is 6. The lowest BCUT2D eigenvalue weighted by Gasteiger charge is -2.27. The quantitative estimate of drug-likeness (QED) is 0.253. The third kappa shape index (κ3) is 5.42. The van der Waals surface area contributed by atoms with Gasteiger partial charge in [-0.3, -0.25) is 19.6 Å². The molecule has 9 heteroatoms. The Morgan fingerprint density at radius 3 is 2.24 bits per heavy atom. The molecule has 0 aliphatic carbocycles. The summed E-state index contributed by atoms with van der Waals surface area (Å²) < 4.78 is 2.32. The van der Waals surface area contributed by atoms with Crippen LogP contribution in [0.3, 0.4) is 0 Å². The molecule has 4 aromatic rings. The zero-order chi connectivity index (χ0) is 26.6. The van der Waals surface area contributed by atoms with Crippen LogP contribution in [0.5, 0.6) is 0 Å². The fourth-order valence-corrected chi connectivity index (χ4v) is 4.87. The highest BCUT2D eigenvalue weighted by Gasteiger charge is 2.29. The van der Waals surface area contributed by atoms with Gasteiger partial charge in [0.25, 0.3) is 11.5 Å². The molecule has 2 heterocycles. The highest BCUT2D eigenvalue weighted by atomic mass is 79.9. The highest BCUT2D eigenvalue weighted by molar-refractivity contribution is 9.10. The largest absolute Gasteiger partial charge is 0.339 e. The van der Waals surface area contributed by atoms with E-state index in [0.717, 1.165) is 23.7 Å². The van der Waals surface area contributed by atoms with Crippen LogP contribution in [0, 0.1) is 5.41 Å². The summed E-state index contributed by atoms with van der Waals surface area (Å²) in [6, 6.07) is 23.5. The molecular formula is C29H25BrClN5O2. The van der Waals surface area contributed by atoms with Crippen LogP contribution in [0.4, 0.5) is 11.5 Å². The lowest BCUT2D eigenvalue weighted by atomic mass is 10.1. The van der Waals surface area contributed by atoms with Gasteiger partial charge in [-0.15, -0.1) is 0 Å². The predicted octanol–water partition coefficient (Wildman–Crippen LogP) is 6.44. The number of piperidine rings is 1. The number of carbonyl (C=O) groups excluding carboxylic acids is 1. The number of hydrogen-bond donors (Lipinski definition) is 2. The summed E-state index contributed by atoms with van der Waals surface area (Å²) in [5, 5.41) is 12.6. The lowest BCUT2D eigenvalue weighted by molar-refractivity contribution is -0.124. The van der Waals surface area contributed by atoms with E-state index in [1.807, 2.05) is 54.6 Å². The van der Waals surface area contributed by atoms with Crippen LogP contribution >= 0.6 is 27.5 Å². The molecule has 0 unspecified atom stereocenters. The number of aromatic nitrogens is 2. The maximum Gasteiger partial charge on any atom is 0.272 e. The maximum atomic E-state index is 14.3. The number of nitrogens with zero attached hydrogens (tertiary/aromatic N) is 3. The SMILES string of the molecule is N=C(C(=O)N1CCCCC1)c1c(Nc2ccccc2)nc(-c2ccc(Br)cc2)n(-c2ccc(Cl)cc2)c1=O. The fourth-order valence-electron chi connectivity index (χ4n) is 4.48. The predicted molar refractivity (Wildman–Crippen MR) is 155 cm³/mol. The van der Waals surface area contributed by atoms with Crippen molar-refractivity contribution in [3.63, 3.8) is 0 Å². The average molecular weight is 591 g/mol. The number of likely N-dealkylation sites (tertiary alicyclic amines) is 1. The minimum atomic E-state index is -0.519. The number of hydrogen-bond acceptors (Lipinski definition) is 5. The van der Waals surface area contributed by atoms with Crippen LogP contribution in [-0.4, -0.2) is 39.2 Å². The van der Waals surface area contributed by atoms with Crippen molar-refractivity contribution in [2.75, 3.05) is 18.4 Å². The Labute approximate surface area is 233 Å². The van der Waals surface area contributed by atoms with Crippen molar-refractivity contribution in [2.24, 2.45) is 0 Å². The second kappa shape index (κ2) is 11.3. The van der Waals surface area contributed by atoms with Gasteiger partial charge >= 0.3 is 0 Å². The third-order valence-corrected chi connectivity index (χ3v) is 7.19. The summed E-state index contributed by atoms with van der Waals surface area (Å²) in [5.74, 6) is 0.0451. The first kappa shape index (κ1) is 25.9. The van der Waals surface area contributed by atoms with Crippen LogP contribution in [-0.2, 0) is 4.79 Å². The van der Waals surface area contributed by atoms with E-state index in [-0.39, 0.29) is 17.1 Å². The average Bonchev–Trinajstić information content (AvgIpc) is 2.94. The molecule has 0 saturated carbocycles. The number of nitrogens with one attached hydrogen (secondary N) is 2. The van der Waals surface area contributed by atoms with Crippen molar-refractivity contribution in [1.29, 1.82) is 5.41 Å². The molecule has 1 fully saturated rings. The Balaban J connectivity index is 1.75. The van der Waals surface area contributed by atoms with Gasteiger partial charge in [0, 0.05) is 33.8 Å². The summed E-state index contributed by atoms with van der Waals surface area (Å²) >= 11 is 9.60. The number of halogens is 2. The van der Waals surface area contributed by atoms with Gasteiger partial charge in [0.15, 0.2) is 0 Å². The molecular weight excluding hydrogens is 566 g/mol. The van der Waals surface area contributed by atoms with Gasteiger partial charge in [0.2, 0.25) is 0 Å². The van der Waals surface area contributed by atoms with Gasteiger partial charge < -0.3 is 10.2 Å². The van der Waals surface area contributed by atoms with E-state index < -0.39 is 11.5 Å². The third-order valence-electron chi connectivity index (χ3n) is 6.41. The maximum absolute atomic E-state index is 14.3. The van der Waals surface area contributed by atoms with Crippen molar-refractivity contribution in [3.05, 3.63) is 104 Å². The standard InChI is InChI=1S/C29H25BrClN5O2/c30-20-11-9-19(10-12-20)27-34-26(33-22-7-3-1-4-8-22)24(25(32)29(38)35-17-5-2-6-18-35)28(37)36(27)23-15-13-21(31)14-16-23/h1,3-4,7-16,32-33H,2,5-6,17-18H2. The second-order valence-electron chi connectivity index (χ2n) is 9.00. The number of benzene rings is 3. The van der Waals surface area contributed by atoms with Crippen molar-refractivity contribution >= 4 is 50.7 Å². The zero-order valence-electron chi connectivity index (χ0n) is 20.5. The van der Waals surface area contributed by atoms with Gasteiger partial charge in [-0.05, 0) is 67.8 Å². The molecule has 5 rings (SSSR count). The Kier molecular flexibility index (Phi) is 7.72. The molecule has 0 radical (unpaired) electrons. The topological polar surface area (TPSA) is 91.1 Å². The van der Waals surface area contributed by atoms with E-state index >= 15 is 0 Å². The molecule has 0 spiro atoms. The zero-order valence-corrected chi connectivity index (χ0v) is 22.8. The summed E-state index contributed by atoms with van der Waals surface area (Å²) in [4.78, 5) is 34.2. The summed E-state index contributed by atoms with van der Waals surface area (Å²) in [6.45, 7) is 1.14. The monoisotopic (exact) mass is 589 g/mol. The molecule has 0 atom stereocenters. The van der Waals surface area contributed by atoms with E-state index in [1.54, 1.807) is 29.2 Å². The van der Waals surface area contributed by atoms with E-state index in [9.17, 15) is 9.59 Å². The van der Waals surface area contributed by atoms with Gasteiger partial charge in [-0.25, -0.2) is 4.98 Å². The van der Waals surface area contributed by atoms with Crippen LogP contribution in [0.25, 0.3) is 17.1 Å². The molecule has 1 saturated heterocycles. The van der Waals surface area contributed by atoms with Crippen molar-refractivity contribution in [2.45, 2.75) is 19.3 Å². The smallest absolute Gasteiger partial charge is 0.272 e. The molecule has 3 aromatic carbocycles. The first-order valence-corrected chi connectivity index (χ1v) is 13.5. The molecule has 192 valence electrons. The number of amides is 1. The van der Waals surface area contributed by atoms with Gasteiger partial charge in [0.1, 0.15) is 22.9 Å². The summed E-state index contributed by atoms with van der Waals surface area (Å²) in [7, 11) is 0. The first-order valence-electron chi connectivity index (χ1n) is 12.3. The summed E-state index contributed by atoms with van der Waals surface area (Å²) in [6.07, 6.45) is 2.80. The molecule has 1 aliphatic heterocycles. The van der Waals surface area contributed by atoms with Gasteiger partial charge in [0.05, 0.1) is 5.69 Å². The number of carbonyl (C=O) groups is 1. The van der Waals surface area contributed by atoms with Crippen LogP contribution in [0.15, 0.2) is 88.1 Å². The summed E-state index contributed by atoms with van der Waals surface area (Å²) in [5.41, 5.74) is 0.916. The Morgan fingerprint density at radius 2 is 1.58 bits per heavy atom. The van der Waals surface area contributed by atoms with Crippen molar-refractivity contribution in [3.8, 4) is 17.1 Å². The van der Waals surface area contributed by atoms with Gasteiger partial charge in [-0.1, -0.05) is 57.9 Å². The minimum absolute atomic E-state index is 0.0831. The second-order valence-corrected chi connectivity index (χ2v) is 10.4. The lowest BCUT2D eigenvalue weighted by Crippen LogP contribution is -2.42. The Hall–Kier alpha value is -3.75. The van der Waals surface area contributed by atoms with Crippen LogP contribution < -0.4 is 10.9 Å². The Morgan fingerprint density at radius 1 is 0.921 bits per heavy atom. The van der Waals surface area contributed by atoms with Crippen molar-refractivity contribution in [1.82, 2.24) is 14.5 Å². The molecule has 1 aromatic heterocycles. The van der Waals surface area contributed by atoms with E-state index in [0.29, 0.717) is 40.9 Å². The molecule has 0 bridgehead atoms. The molecule has 1 amide bonds. The van der Waals surface area contributed by atoms with Crippen LogP contribution in [0.2, 0.25) is 5.02 Å². The molecule has 2 N–H and O–H groups in total. The molecule has 1 aliphatic rings. The van der Waals surface area contributed by atoms with E-state index in [4.69, 9.17) is 22.0 Å².